The average Bonchev–Trinajstić information content (AvgIpc) is 3.17. The van der Waals surface area contributed by atoms with Crippen molar-refractivity contribution >= 4 is 17.7 Å². The van der Waals surface area contributed by atoms with Crippen molar-refractivity contribution in [3.63, 3.8) is 0 Å². The van der Waals surface area contributed by atoms with Gasteiger partial charge in [0.15, 0.2) is 17.3 Å². The summed E-state index contributed by atoms with van der Waals surface area (Å²) in [6.07, 6.45) is 0. The number of amides is 1. The first-order valence-corrected chi connectivity index (χ1v) is 10.5. The number of nitrogens with one attached hydrogen (secondary N) is 1. The molecule has 0 saturated carbocycles. The van der Waals surface area contributed by atoms with Crippen LogP contribution in [-0.2, 0) is 5.75 Å². The average molecular weight is 428 g/mol. The molecule has 0 bridgehead atoms. The Morgan fingerprint density at radius 1 is 1.17 bits per heavy atom. The minimum absolute atomic E-state index is 0.151. The molecular formula is C22H25N3O4S. The number of ether oxygens (including phenoxy) is 2. The number of aryl methyl sites for hydroxylation is 2. The number of thioether (sulfide) groups is 1. The molecule has 0 aliphatic heterocycles. The van der Waals surface area contributed by atoms with Crippen molar-refractivity contribution < 1.29 is 18.8 Å². The zero-order chi connectivity index (χ0) is 21.7. The van der Waals surface area contributed by atoms with Crippen LogP contribution in [0.5, 0.6) is 11.5 Å². The highest BCUT2D eigenvalue weighted by molar-refractivity contribution is 7.98. The van der Waals surface area contributed by atoms with Crippen molar-refractivity contribution in [3.05, 3.63) is 64.8 Å². The summed E-state index contributed by atoms with van der Waals surface area (Å²) in [6.45, 7) is 5.70. The summed E-state index contributed by atoms with van der Waals surface area (Å²) in [5, 5.41) is 6.88. The van der Waals surface area contributed by atoms with Crippen molar-refractivity contribution in [1.29, 1.82) is 0 Å². The van der Waals surface area contributed by atoms with E-state index < -0.39 is 0 Å². The maximum Gasteiger partial charge on any atom is 0.252 e. The molecule has 7 nitrogen and oxygen atoms in total. The summed E-state index contributed by atoms with van der Waals surface area (Å²) in [5.41, 5.74) is 2.58. The number of hydrogen-bond acceptors (Lipinski definition) is 7. The highest BCUT2D eigenvalue weighted by Crippen LogP contribution is 2.33. The molecule has 1 N–H and O–H groups in total. The van der Waals surface area contributed by atoms with Gasteiger partial charge in [-0.3, -0.25) is 4.79 Å². The van der Waals surface area contributed by atoms with E-state index in [9.17, 15) is 4.79 Å². The lowest BCUT2D eigenvalue weighted by Gasteiger charge is -2.20. The van der Waals surface area contributed by atoms with E-state index in [-0.39, 0.29) is 11.9 Å². The zero-order valence-corrected chi connectivity index (χ0v) is 18.5. The van der Waals surface area contributed by atoms with Crippen LogP contribution in [-0.4, -0.2) is 30.3 Å². The third-order valence-corrected chi connectivity index (χ3v) is 5.70. The van der Waals surface area contributed by atoms with Crippen LogP contribution in [0.1, 0.15) is 46.2 Å². The fourth-order valence-electron chi connectivity index (χ4n) is 3.13. The van der Waals surface area contributed by atoms with E-state index in [1.54, 1.807) is 21.1 Å². The molecule has 0 radical (unpaired) electrons. The van der Waals surface area contributed by atoms with Gasteiger partial charge in [0.05, 0.1) is 31.6 Å². The Labute approximate surface area is 180 Å². The van der Waals surface area contributed by atoms with Gasteiger partial charge in [0, 0.05) is 4.90 Å². The van der Waals surface area contributed by atoms with Gasteiger partial charge in [0.1, 0.15) is 0 Å². The molecule has 1 aromatic heterocycles. The Morgan fingerprint density at radius 2 is 1.87 bits per heavy atom. The molecule has 1 unspecified atom stereocenters. The van der Waals surface area contributed by atoms with E-state index in [0.717, 1.165) is 16.0 Å². The van der Waals surface area contributed by atoms with Crippen molar-refractivity contribution in [2.45, 2.75) is 37.5 Å². The molecule has 0 aliphatic carbocycles. The number of benzene rings is 2. The quantitative estimate of drug-likeness (QED) is 0.530. The summed E-state index contributed by atoms with van der Waals surface area (Å²) in [5.74, 6) is 2.76. The summed E-state index contributed by atoms with van der Waals surface area (Å²) < 4.78 is 15.9. The molecular weight excluding hydrogens is 402 g/mol. The minimum Gasteiger partial charge on any atom is -0.493 e. The highest BCUT2D eigenvalue weighted by atomic mass is 32.2. The molecule has 0 aliphatic rings. The predicted octanol–water partition coefficient (Wildman–Crippen LogP) is 4.49. The molecule has 1 amide bonds. The number of methoxy groups -OCH3 is 2. The molecule has 0 fully saturated rings. The molecule has 1 atom stereocenters. The maximum atomic E-state index is 13.0. The first-order chi connectivity index (χ1) is 14.4. The predicted molar refractivity (Wildman–Crippen MR) is 115 cm³/mol. The number of nitrogens with zero attached hydrogens (tertiary/aromatic N) is 2. The standard InChI is InChI=1S/C22H25N3O4S/c1-13-10-18(27-4)19(28-5)11-17(13)14(2)23-22(26)16-8-6-7-9-20(16)30-12-21-24-15(3)25-29-21/h6-11,14H,12H2,1-5H3,(H,23,26). The van der Waals surface area contributed by atoms with Crippen molar-refractivity contribution in [2.75, 3.05) is 14.2 Å². The van der Waals surface area contributed by atoms with Gasteiger partial charge >= 0.3 is 0 Å². The second-order valence-corrected chi connectivity index (χ2v) is 7.80. The molecule has 1 heterocycles. The van der Waals surface area contributed by atoms with Crippen LogP contribution in [0.15, 0.2) is 45.8 Å². The van der Waals surface area contributed by atoms with Gasteiger partial charge in [-0.1, -0.05) is 17.3 Å². The Hall–Kier alpha value is -3.00. The lowest BCUT2D eigenvalue weighted by atomic mass is 10.0. The van der Waals surface area contributed by atoms with Crippen LogP contribution in [0.4, 0.5) is 0 Å². The summed E-state index contributed by atoms with van der Waals surface area (Å²) in [7, 11) is 3.20. The second-order valence-electron chi connectivity index (χ2n) is 6.78. The summed E-state index contributed by atoms with van der Waals surface area (Å²) in [4.78, 5) is 18.1. The molecule has 3 aromatic rings. The highest BCUT2D eigenvalue weighted by Gasteiger charge is 2.19. The lowest BCUT2D eigenvalue weighted by Crippen LogP contribution is -2.27. The van der Waals surface area contributed by atoms with Crippen molar-refractivity contribution in [2.24, 2.45) is 0 Å². The zero-order valence-electron chi connectivity index (χ0n) is 17.7. The van der Waals surface area contributed by atoms with Crippen LogP contribution >= 0.6 is 11.8 Å². The Balaban J connectivity index is 1.76. The molecule has 30 heavy (non-hydrogen) atoms. The van der Waals surface area contributed by atoms with Gasteiger partial charge in [-0.05, 0) is 56.2 Å². The van der Waals surface area contributed by atoms with Gasteiger partial charge in [-0.25, -0.2) is 0 Å². The lowest BCUT2D eigenvalue weighted by molar-refractivity contribution is 0.0937. The van der Waals surface area contributed by atoms with E-state index >= 15 is 0 Å². The van der Waals surface area contributed by atoms with E-state index in [1.165, 1.54) is 11.8 Å². The fraction of sp³-hybridized carbons (Fsp3) is 0.318. The second kappa shape index (κ2) is 9.67. The monoisotopic (exact) mass is 427 g/mol. The molecule has 0 spiro atoms. The van der Waals surface area contributed by atoms with Crippen LogP contribution in [0.25, 0.3) is 0 Å². The van der Waals surface area contributed by atoms with E-state index in [4.69, 9.17) is 14.0 Å². The Kier molecular flexibility index (Phi) is 6.99. The number of rotatable bonds is 8. The van der Waals surface area contributed by atoms with Crippen molar-refractivity contribution in [1.82, 2.24) is 15.5 Å². The summed E-state index contributed by atoms with van der Waals surface area (Å²) in [6, 6.07) is 11.1. The molecule has 3 rings (SSSR count). The van der Waals surface area contributed by atoms with Gasteiger partial charge in [-0.15, -0.1) is 11.8 Å². The Morgan fingerprint density at radius 3 is 2.53 bits per heavy atom. The van der Waals surface area contributed by atoms with E-state index in [1.807, 2.05) is 50.2 Å². The van der Waals surface area contributed by atoms with Crippen molar-refractivity contribution in [3.8, 4) is 11.5 Å². The molecule has 0 saturated heterocycles. The van der Waals surface area contributed by atoms with Crippen LogP contribution in [0.2, 0.25) is 0 Å². The van der Waals surface area contributed by atoms with Crippen LogP contribution < -0.4 is 14.8 Å². The molecule has 8 heteroatoms. The summed E-state index contributed by atoms with van der Waals surface area (Å²) >= 11 is 1.49. The third kappa shape index (κ3) is 4.94. The largest absolute Gasteiger partial charge is 0.493 e. The Bertz CT molecular complexity index is 1030. The number of aromatic nitrogens is 2. The molecule has 158 valence electrons. The van der Waals surface area contributed by atoms with Gasteiger partial charge in [0.2, 0.25) is 5.89 Å². The number of hydrogen-bond donors (Lipinski definition) is 1. The van der Waals surface area contributed by atoms with E-state index in [0.29, 0.717) is 34.5 Å². The van der Waals surface area contributed by atoms with Crippen LogP contribution in [0, 0.1) is 13.8 Å². The van der Waals surface area contributed by atoms with Gasteiger partial charge in [0.25, 0.3) is 5.91 Å². The first-order valence-electron chi connectivity index (χ1n) is 9.47. The SMILES string of the molecule is COc1cc(C)c(C(C)NC(=O)c2ccccc2SCc2nc(C)no2)cc1OC. The first kappa shape index (κ1) is 21.7. The maximum absolute atomic E-state index is 13.0. The number of carbonyl (C=O) groups excluding carboxylic acids is 1. The van der Waals surface area contributed by atoms with Gasteiger partial charge in [-0.2, -0.15) is 4.98 Å². The minimum atomic E-state index is -0.214. The van der Waals surface area contributed by atoms with Crippen LogP contribution in [0.3, 0.4) is 0 Å². The van der Waals surface area contributed by atoms with E-state index in [2.05, 4.69) is 15.5 Å². The molecule has 2 aromatic carbocycles. The van der Waals surface area contributed by atoms with Gasteiger partial charge < -0.3 is 19.3 Å². The smallest absolute Gasteiger partial charge is 0.252 e. The normalized spacial score (nSPS) is 11.8. The third-order valence-electron chi connectivity index (χ3n) is 4.64. The number of carbonyl (C=O) groups is 1. The topological polar surface area (TPSA) is 86.5 Å². The fourth-order valence-corrected chi connectivity index (χ4v) is 4.02.